The number of aromatic amines is 1. The van der Waals surface area contributed by atoms with Crippen molar-refractivity contribution in [2.45, 2.75) is 25.0 Å². The highest BCUT2D eigenvalue weighted by Crippen LogP contribution is 2.28. The topological polar surface area (TPSA) is 108 Å². The zero-order valence-electron chi connectivity index (χ0n) is 15.5. The molecule has 2 heterocycles. The van der Waals surface area contributed by atoms with Gasteiger partial charge in [-0.05, 0) is 18.9 Å². The van der Waals surface area contributed by atoms with Crippen molar-refractivity contribution < 1.29 is 19.4 Å². The molecule has 2 aliphatic rings. The molecule has 1 aliphatic carbocycles. The number of ether oxygens (including phenoxy) is 1. The van der Waals surface area contributed by atoms with Crippen LogP contribution in [-0.2, 0) is 9.53 Å². The van der Waals surface area contributed by atoms with Gasteiger partial charge in [0.15, 0.2) is 0 Å². The van der Waals surface area contributed by atoms with E-state index in [1.165, 1.54) is 0 Å². The number of H-pyrrole nitrogens is 1. The third kappa shape index (κ3) is 3.93. The van der Waals surface area contributed by atoms with Crippen LogP contribution in [0.4, 0.5) is 0 Å². The summed E-state index contributed by atoms with van der Waals surface area (Å²) in [4.78, 5) is 27.0. The standard InChI is InChI=1S/C20H24N4O4/c25-18-11-14(20(27)24-6-8-28-9-7-24)10-16(18)21-19(26)17-12-15(22-23-17)13-4-2-1-3-5-13/h1-5,12,14,16,18,25H,6-11H2,(H,21,26)(H,22,23)/t14-,16-,18-/m0/s1. The summed E-state index contributed by atoms with van der Waals surface area (Å²) in [5.74, 6) is -0.578. The van der Waals surface area contributed by atoms with Crippen molar-refractivity contribution in [3.05, 3.63) is 42.1 Å². The second-order valence-corrected chi connectivity index (χ2v) is 7.29. The van der Waals surface area contributed by atoms with Crippen LogP contribution in [-0.4, -0.2) is 70.5 Å². The molecule has 2 amide bonds. The Morgan fingerprint density at radius 3 is 2.68 bits per heavy atom. The number of amides is 2. The third-order valence-electron chi connectivity index (χ3n) is 5.41. The van der Waals surface area contributed by atoms with E-state index in [-0.39, 0.29) is 17.7 Å². The Morgan fingerprint density at radius 1 is 1.18 bits per heavy atom. The first kappa shape index (κ1) is 18.6. The van der Waals surface area contributed by atoms with Crippen LogP contribution in [0.15, 0.2) is 36.4 Å². The lowest BCUT2D eigenvalue weighted by atomic mass is 10.1. The number of hydrogen-bond donors (Lipinski definition) is 3. The number of aromatic nitrogens is 2. The van der Waals surface area contributed by atoms with Crippen molar-refractivity contribution in [2.24, 2.45) is 5.92 Å². The van der Waals surface area contributed by atoms with Crippen molar-refractivity contribution in [3.63, 3.8) is 0 Å². The first-order valence-corrected chi connectivity index (χ1v) is 9.58. The SMILES string of the molecule is O=C(N[C@H]1C[C@H](C(=O)N2CCOCC2)C[C@@H]1O)c1cc(-c2ccccc2)n[nH]1. The minimum atomic E-state index is -0.740. The molecule has 0 spiro atoms. The second kappa shape index (κ2) is 8.12. The van der Waals surface area contributed by atoms with Crippen LogP contribution in [0.25, 0.3) is 11.3 Å². The number of morpholine rings is 1. The summed E-state index contributed by atoms with van der Waals surface area (Å²) in [6.07, 6.45) is 0.0535. The Bertz CT molecular complexity index is 832. The Hall–Kier alpha value is -2.71. The van der Waals surface area contributed by atoms with Crippen LogP contribution in [0, 0.1) is 5.92 Å². The highest BCUT2D eigenvalue weighted by Gasteiger charge is 2.39. The van der Waals surface area contributed by atoms with Crippen LogP contribution >= 0.6 is 0 Å². The first-order chi connectivity index (χ1) is 13.6. The smallest absolute Gasteiger partial charge is 0.269 e. The number of aliphatic hydroxyl groups excluding tert-OH is 1. The van der Waals surface area contributed by atoms with E-state index in [2.05, 4.69) is 15.5 Å². The summed E-state index contributed by atoms with van der Waals surface area (Å²) in [6.45, 7) is 2.26. The Morgan fingerprint density at radius 2 is 1.93 bits per heavy atom. The Labute approximate surface area is 162 Å². The Balaban J connectivity index is 1.37. The van der Waals surface area contributed by atoms with Gasteiger partial charge >= 0.3 is 0 Å². The molecule has 1 aliphatic heterocycles. The van der Waals surface area contributed by atoms with Gasteiger partial charge in [0.2, 0.25) is 5.91 Å². The molecule has 2 aromatic rings. The third-order valence-corrected chi connectivity index (χ3v) is 5.41. The highest BCUT2D eigenvalue weighted by molar-refractivity contribution is 5.93. The van der Waals surface area contributed by atoms with Crippen LogP contribution in [0.1, 0.15) is 23.3 Å². The monoisotopic (exact) mass is 384 g/mol. The lowest BCUT2D eigenvalue weighted by Crippen LogP contribution is -2.43. The molecule has 1 aromatic heterocycles. The van der Waals surface area contributed by atoms with E-state index in [4.69, 9.17) is 4.74 Å². The summed E-state index contributed by atoms with van der Waals surface area (Å²) < 4.78 is 5.28. The molecule has 3 N–H and O–H groups in total. The van der Waals surface area contributed by atoms with Gasteiger partial charge in [0.05, 0.1) is 31.1 Å². The molecule has 0 bridgehead atoms. The van der Waals surface area contributed by atoms with E-state index in [9.17, 15) is 14.7 Å². The summed E-state index contributed by atoms with van der Waals surface area (Å²) in [5.41, 5.74) is 1.92. The van der Waals surface area contributed by atoms with E-state index in [1.54, 1.807) is 11.0 Å². The summed E-state index contributed by atoms with van der Waals surface area (Å²) in [5, 5.41) is 20.1. The molecular formula is C20H24N4O4. The second-order valence-electron chi connectivity index (χ2n) is 7.29. The van der Waals surface area contributed by atoms with Gasteiger partial charge in [-0.15, -0.1) is 0 Å². The number of nitrogens with one attached hydrogen (secondary N) is 2. The number of hydrogen-bond acceptors (Lipinski definition) is 5. The number of carbonyl (C=O) groups is 2. The van der Waals surface area contributed by atoms with Crippen LogP contribution in [0.3, 0.4) is 0 Å². The van der Waals surface area contributed by atoms with Crippen molar-refractivity contribution in [1.29, 1.82) is 0 Å². The molecule has 3 atom stereocenters. The van der Waals surface area contributed by atoms with Crippen LogP contribution < -0.4 is 5.32 Å². The lowest BCUT2D eigenvalue weighted by molar-refractivity contribution is -0.139. The Kier molecular flexibility index (Phi) is 5.40. The molecule has 148 valence electrons. The maximum atomic E-state index is 12.6. The van der Waals surface area contributed by atoms with Crippen molar-refractivity contribution in [1.82, 2.24) is 20.4 Å². The first-order valence-electron chi connectivity index (χ1n) is 9.58. The molecule has 1 saturated heterocycles. The van der Waals surface area contributed by atoms with E-state index in [0.29, 0.717) is 50.5 Å². The largest absolute Gasteiger partial charge is 0.391 e. The molecule has 2 fully saturated rings. The molecule has 1 saturated carbocycles. The molecule has 0 radical (unpaired) electrons. The molecule has 8 nitrogen and oxygen atoms in total. The zero-order chi connectivity index (χ0) is 19.5. The average molecular weight is 384 g/mol. The minimum absolute atomic E-state index is 0.0343. The summed E-state index contributed by atoms with van der Waals surface area (Å²) in [6, 6.07) is 10.8. The quantitative estimate of drug-likeness (QED) is 0.723. The number of carbonyl (C=O) groups excluding carboxylic acids is 2. The van der Waals surface area contributed by atoms with Crippen LogP contribution in [0.2, 0.25) is 0 Å². The number of rotatable bonds is 4. The molecule has 1 aromatic carbocycles. The van der Waals surface area contributed by atoms with Crippen molar-refractivity contribution in [3.8, 4) is 11.3 Å². The normalized spacial score (nSPS) is 24.9. The van der Waals surface area contributed by atoms with Gasteiger partial charge in [0, 0.05) is 24.6 Å². The summed E-state index contributed by atoms with van der Waals surface area (Å²) in [7, 11) is 0. The number of aliphatic hydroxyl groups is 1. The van der Waals surface area contributed by atoms with Gasteiger partial charge < -0.3 is 20.1 Å². The number of benzene rings is 1. The predicted octanol–water partition coefficient (Wildman–Crippen LogP) is 0.805. The molecule has 8 heteroatoms. The van der Waals surface area contributed by atoms with Gasteiger partial charge in [0.25, 0.3) is 5.91 Å². The lowest BCUT2D eigenvalue weighted by Gasteiger charge is -2.29. The molecular weight excluding hydrogens is 360 g/mol. The van der Waals surface area contributed by atoms with Gasteiger partial charge in [0.1, 0.15) is 5.69 Å². The van der Waals surface area contributed by atoms with E-state index in [1.807, 2.05) is 30.3 Å². The van der Waals surface area contributed by atoms with Gasteiger partial charge in [-0.2, -0.15) is 5.10 Å². The highest BCUT2D eigenvalue weighted by atomic mass is 16.5. The maximum Gasteiger partial charge on any atom is 0.269 e. The fraction of sp³-hybridized carbons (Fsp3) is 0.450. The fourth-order valence-electron chi connectivity index (χ4n) is 3.86. The number of nitrogens with zero attached hydrogens (tertiary/aromatic N) is 2. The van der Waals surface area contributed by atoms with Crippen molar-refractivity contribution in [2.75, 3.05) is 26.3 Å². The summed E-state index contributed by atoms with van der Waals surface area (Å²) >= 11 is 0. The van der Waals surface area contributed by atoms with Gasteiger partial charge in [-0.1, -0.05) is 30.3 Å². The molecule has 4 rings (SSSR count). The van der Waals surface area contributed by atoms with E-state index in [0.717, 1.165) is 5.56 Å². The minimum Gasteiger partial charge on any atom is -0.391 e. The fourth-order valence-corrected chi connectivity index (χ4v) is 3.86. The van der Waals surface area contributed by atoms with E-state index >= 15 is 0 Å². The molecule has 28 heavy (non-hydrogen) atoms. The van der Waals surface area contributed by atoms with E-state index < -0.39 is 12.1 Å². The maximum absolute atomic E-state index is 12.6. The van der Waals surface area contributed by atoms with Crippen LogP contribution in [0.5, 0.6) is 0 Å². The average Bonchev–Trinajstić information content (AvgIpc) is 3.36. The van der Waals surface area contributed by atoms with Gasteiger partial charge in [-0.25, -0.2) is 0 Å². The van der Waals surface area contributed by atoms with Crippen molar-refractivity contribution >= 4 is 11.8 Å². The predicted molar refractivity (Wildman–Crippen MR) is 101 cm³/mol. The van der Waals surface area contributed by atoms with Gasteiger partial charge in [-0.3, -0.25) is 14.7 Å². The molecule has 0 unspecified atom stereocenters. The zero-order valence-corrected chi connectivity index (χ0v) is 15.5.